The Morgan fingerprint density at radius 2 is 1.94 bits per heavy atom. The summed E-state index contributed by atoms with van der Waals surface area (Å²) in [5.74, 6) is 0.521. The fourth-order valence-electron chi connectivity index (χ4n) is 3.94. The average Bonchev–Trinajstić information content (AvgIpc) is 3.08. The zero-order chi connectivity index (χ0) is 21.8. The Morgan fingerprint density at radius 1 is 1.10 bits per heavy atom. The number of nitrogen functional groups attached to an aromatic ring is 1. The highest BCUT2D eigenvalue weighted by Gasteiger charge is 2.21. The number of hydrogen-bond donors (Lipinski definition) is 1. The molecule has 0 bridgehead atoms. The van der Waals surface area contributed by atoms with E-state index in [-0.39, 0.29) is 5.91 Å². The summed E-state index contributed by atoms with van der Waals surface area (Å²) in [6, 6.07) is 9.61. The first-order valence-electron chi connectivity index (χ1n) is 10.6. The van der Waals surface area contributed by atoms with Gasteiger partial charge in [-0.25, -0.2) is 15.0 Å². The highest BCUT2D eigenvalue weighted by molar-refractivity contribution is 5.96. The maximum atomic E-state index is 13.1. The van der Waals surface area contributed by atoms with Gasteiger partial charge in [0.05, 0.1) is 18.0 Å². The quantitative estimate of drug-likeness (QED) is 0.698. The van der Waals surface area contributed by atoms with Crippen molar-refractivity contribution in [2.45, 2.75) is 26.7 Å². The fourth-order valence-corrected chi connectivity index (χ4v) is 3.94. The number of pyridine rings is 1. The van der Waals surface area contributed by atoms with Crippen LogP contribution in [-0.2, 0) is 11.2 Å². The molecular weight excluding hydrogens is 390 g/mol. The van der Waals surface area contributed by atoms with E-state index in [9.17, 15) is 4.79 Å². The minimum atomic E-state index is 0.0504. The van der Waals surface area contributed by atoms with E-state index < -0.39 is 0 Å². The third-order valence-electron chi connectivity index (χ3n) is 5.58. The summed E-state index contributed by atoms with van der Waals surface area (Å²) in [5.41, 5.74) is 12.0. The summed E-state index contributed by atoms with van der Waals surface area (Å²) in [4.78, 5) is 28.3. The van der Waals surface area contributed by atoms with Crippen molar-refractivity contribution in [2.75, 3.05) is 32.0 Å². The molecule has 1 aliphatic heterocycles. The largest absolute Gasteiger partial charge is 0.384 e. The van der Waals surface area contributed by atoms with Crippen LogP contribution >= 0.6 is 0 Å². The molecule has 0 radical (unpaired) electrons. The number of nitrogens with two attached hydrogens (primary N) is 1. The number of amides is 1. The van der Waals surface area contributed by atoms with E-state index in [4.69, 9.17) is 10.5 Å². The zero-order valence-electron chi connectivity index (χ0n) is 18.0. The molecule has 0 aliphatic carbocycles. The number of ether oxygens (including phenoxy) is 1. The van der Waals surface area contributed by atoms with Gasteiger partial charge in [-0.15, -0.1) is 0 Å². The van der Waals surface area contributed by atoms with Crippen LogP contribution in [0.3, 0.4) is 0 Å². The number of nitrogens with zero attached hydrogens (tertiary/aromatic N) is 4. The van der Waals surface area contributed by atoms with Crippen LogP contribution in [0.25, 0.3) is 22.4 Å². The number of carbonyl (C=O) groups is 1. The summed E-state index contributed by atoms with van der Waals surface area (Å²) in [7, 11) is 0. The number of benzene rings is 1. The van der Waals surface area contributed by atoms with Crippen molar-refractivity contribution in [3.05, 3.63) is 59.7 Å². The van der Waals surface area contributed by atoms with Crippen molar-refractivity contribution < 1.29 is 9.53 Å². The van der Waals surface area contributed by atoms with Crippen LogP contribution in [0.5, 0.6) is 0 Å². The van der Waals surface area contributed by atoms with Gasteiger partial charge >= 0.3 is 0 Å². The lowest BCUT2D eigenvalue weighted by Gasteiger charge is -2.21. The monoisotopic (exact) mass is 417 g/mol. The Bertz CT molecular complexity index is 1070. The van der Waals surface area contributed by atoms with E-state index in [1.807, 2.05) is 36.1 Å². The molecule has 7 heteroatoms. The van der Waals surface area contributed by atoms with Gasteiger partial charge < -0.3 is 15.4 Å². The molecular formula is C24H27N5O2. The zero-order valence-corrected chi connectivity index (χ0v) is 18.0. The Morgan fingerprint density at radius 3 is 2.68 bits per heavy atom. The van der Waals surface area contributed by atoms with Crippen LogP contribution in [0, 0.1) is 6.92 Å². The number of carbonyl (C=O) groups excluding carboxylic acids is 1. The van der Waals surface area contributed by atoms with Crippen molar-refractivity contribution in [3.63, 3.8) is 0 Å². The Kier molecular flexibility index (Phi) is 6.23. The van der Waals surface area contributed by atoms with Crippen LogP contribution < -0.4 is 5.73 Å². The molecule has 2 aromatic heterocycles. The molecule has 1 amide bonds. The SMILES string of the molecule is CCc1ncnc(-c2ccc(C(=O)N3CCCOCC3)c(C)c2)c1-c1ccc(N)nc1. The molecule has 4 rings (SSSR count). The number of rotatable bonds is 4. The highest BCUT2D eigenvalue weighted by atomic mass is 16.5. The summed E-state index contributed by atoms with van der Waals surface area (Å²) in [6.07, 6.45) is 4.97. The summed E-state index contributed by atoms with van der Waals surface area (Å²) in [5, 5.41) is 0. The lowest BCUT2D eigenvalue weighted by atomic mass is 9.95. The van der Waals surface area contributed by atoms with Gasteiger partial charge in [-0.2, -0.15) is 0 Å². The maximum Gasteiger partial charge on any atom is 0.254 e. The second-order valence-electron chi connectivity index (χ2n) is 7.66. The number of aromatic nitrogens is 3. The van der Waals surface area contributed by atoms with Crippen LogP contribution in [0.4, 0.5) is 5.82 Å². The summed E-state index contributed by atoms with van der Waals surface area (Å²) >= 11 is 0. The molecule has 0 saturated carbocycles. The molecule has 3 aromatic rings. The lowest BCUT2D eigenvalue weighted by Crippen LogP contribution is -2.33. The Labute approximate surface area is 182 Å². The van der Waals surface area contributed by atoms with Gasteiger partial charge in [-0.1, -0.05) is 13.0 Å². The first-order chi connectivity index (χ1) is 15.1. The van der Waals surface area contributed by atoms with Crippen LogP contribution in [-0.4, -0.2) is 52.1 Å². The smallest absolute Gasteiger partial charge is 0.254 e. The molecule has 7 nitrogen and oxygen atoms in total. The molecule has 1 saturated heterocycles. The van der Waals surface area contributed by atoms with Gasteiger partial charge in [0.1, 0.15) is 12.1 Å². The maximum absolute atomic E-state index is 13.1. The number of aryl methyl sites for hydroxylation is 2. The van der Waals surface area contributed by atoms with Crippen molar-refractivity contribution >= 4 is 11.7 Å². The topological polar surface area (TPSA) is 94.2 Å². The van der Waals surface area contributed by atoms with E-state index in [1.165, 1.54) is 0 Å². The van der Waals surface area contributed by atoms with E-state index in [0.717, 1.165) is 53.0 Å². The van der Waals surface area contributed by atoms with E-state index >= 15 is 0 Å². The Hall–Kier alpha value is -3.32. The molecule has 31 heavy (non-hydrogen) atoms. The van der Waals surface area contributed by atoms with Crippen LogP contribution in [0.2, 0.25) is 0 Å². The van der Waals surface area contributed by atoms with Gasteiger partial charge in [0.2, 0.25) is 0 Å². The summed E-state index contributed by atoms with van der Waals surface area (Å²) in [6.45, 7) is 6.68. The van der Waals surface area contributed by atoms with Crippen LogP contribution in [0.1, 0.15) is 35.0 Å². The van der Waals surface area contributed by atoms with E-state index in [1.54, 1.807) is 18.6 Å². The minimum absolute atomic E-state index is 0.0504. The second kappa shape index (κ2) is 9.22. The second-order valence-corrected chi connectivity index (χ2v) is 7.66. The normalized spacial score (nSPS) is 14.3. The van der Waals surface area contributed by atoms with Gasteiger partial charge in [-0.05, 0) is 49.6 Å². The molecule has 1 aromatic carbocycles. The standard InChI is InChI=1S/C24H27N5O2/c1-3-20-22(18-6-8-21(25)26-14-18)23(28-15-27-20)17-5-7-19(16(2)13-17)24(30)29-9-4-11-31-12-10-29/h5-8,13-15H,3-4,9-12H2,1-2H3,(H2,25,26). The molecule has 160 valence electrons. The highest BCUT2D eigenvalue weighted by Crippen LogP contribution is 2.33. The fraction of sp³-hybridized carbons (Fsp3) is 0.333. The molecule has 0 unspecified atom stereocenters. The number of hydrogen-bond acceptors (Lipinski definition) is 6. The molecule has 1 fully saturated rings. The van der Waals surface area contributed by atoms with Crippen molar-refractivity contribution in [2.24, 2.45) is 0 Å². The van der Waals surface area contributed by atoms with Crippen LogP contribution in [0.15, 0.2) is 42.9 Å². The third kappa shape index (κ3) is 4.41. The molecule has 0 atom stereocenters. The first-order valence-corrected chi connectivity index (χ1v) is 10.6. The summed E-state index contributed by atoms with van der Waals surface area (Å²) < 4.78 is 5.48. The minimum Gasteiger partial charge on any atom is -0.384 e. The lowest BCUT2D eigenvalue weighted by molar-refractivity contribution is 0.0740. The van der Waals surface area contributed by atoms with Crippen molar-refractivity contribution in [1.29, 1.82) is 0 Å². The van der Waals surface area contributed by atoms with Gasteiger partial charge in [0.15, 0.2) is 0 Å². The van der Waals surface area contributed by atoms with Crippen molar-refractivity contribution in [1.82, 2.24) is 19.9 Å². The molecule has 0 spiro atoms. The molecule has 3 heterocycles. The van der Waals surface area contributed by atoms with Gasteiger partial charge in [-0.3, -0.25) is 4.79 Å². The third-order valence-corrected chi connectivity index (χ3v) is 5.58. The Balaban J connectivity index is 1.73. The molecule has 2 N–H and O–H groups in total. The van der Waals surface area contributed by atoms with Gasteiger partial charge in [0, 0.05) is 48.1 Å². The predicted octanol–water partition coefficient (Wildman–Crippen LogP) is 3.52. The van der Waals surface area contributed by atoms with E-state index in [0.29, 0.717) is 31.1 Å². The molecule has 1 aliphatic rings. The predicted molar refractivity (Wildman–Crippen MR) is 121 cm³/mol. The first kappa shape index (κ1) is 20.9. The van der Waals surface area contributed by atoms with Crippen molar-refractivity contribution in [3.8, 4) is 22.4 Å². The van der Waals surface area contributed by atoms with E-state index in [2.05, 4.69) is 21.9 Å². The average molecular weight is 418 g/mol. The number of anilines is 1. The van der Waals surface area contributed by atoms with Gasteiger partial charge in [0.25, 0.3) is 5.91 Å².